The number of primary amides is 1. The molecule has 0 aliphatic rings. The summed E-state index contributed by atoms with van der Waals surface area (Å²) in [6.07, 6.45) is 0. The Labute approximate surface area is 171 Å². The molecular weight excluding hydrogens is 360 g/mol. The van der Waals surface area contributed by atoms with Crippen molar-refractivity contribution in [2.24, 2.45) is 11.7 Å². The smallest absolute Gasteiger partial charge is 0.240 e. The summed E-state index contributed by atoms with van der Waals surface area (Å²) in [4.78, 5) is 26.0. The van der Waals surface area contributed by atoms with Gasteiger partial charge in [-0.25, -0.2) is 0 Å². The third-order valence-corrected chi connectivity index (χ3v) is 5.22. The molecule has 3 aromatic carbocycles. The minimum absolute atomic E-state index is 0.128. The predicted molar refractivity (Wildman–Crippen MR) is 115 cm³/mol. The highest BCUT2D eigenvalue weighted by Crippen LogP contribution is 2.39. The highest BCUT2D eigenvalue weighted by molar-refractivity contribution is 5.98. The van der Waals surface area contributed by atoms with Crippen LogP contribution in [0.2, 0.25) is 0 Å². The van der Waals surface area contributed by atoms with Crippen LogP contribution in [-0.4, -0.2) is 17.9 Å². The zero-order valence-corrected chi connectivity index (χ0v) is 16.7. The highest BCUT2D eigenvalue weighted by Gasteiger charge is 2.45. The summed E-state index contributed by atoms with van der Waals surface area (Å²) in [6.45, 7) is 3.73. The normalized spacial score (nSPS) is 12.4. The predicted octanol–water partition coefficient (Wildman–Crippen LogP) is 3.65. The van der Waals surface area contributed by atoms with E-state index in [1.165, 1.54) is 0 Å². The summed E-state index contributed by atoms with van der Waals surface area (Å²) in [5.41, 5.74) is 6.94. The molecule has 0 aliphatic heterocycles. The summed E-state index contributed by atoms with van der Waals surface area (Å²) in [5, 5.41) is 2.94. The number of rotatable bonds is 7. The molecule has 0 fully saturated rings. The van der Waals surface area contributed by atoms with E-state index >= 15 is 0 Å². The lowest BCUT2D eigenvalue weighted by atomic mass is 9.68. The Hall–Kier alpha value is -3.40. The topological polar surface area (TPSA) is 72.2 Å². The van der Waals surface area contributed by atoms with Crippen LogP contribution in [0.5, 0.6) is 0 Å². The van der Waals surface area contributed by atoms with Crippen molar-refractivity contribution < 1.29 is 9.59 Å². The lowest BCUT2D eigenvalue weighted by Crippen LogP contribution is -2.55. The quantitative estimate of drug-likeness (QED) is 0.609. The fraction of sp³-hybridized carbons (Fsp3) is 0.200. The van der Waals surface area contributed by atoms with Gasteiger partial charge in [0.25, 0.3) is 0 Å². The molecule has 0 bridgehead atoms. The van der Waals surface area contributed by atoms with Gasteiger partial charge < -0.3 is 11.1 Å². The van der Waals surface area contributed by atoms with E-state index in [-0.39, 0.29) is 11.8 Å². The molecule has 1 atom stereocenters. The van der Waals surface area contributed by atoms with Gasteiger partial charge in [-0.3, -0.25) is 9.59 Å². The SMILES string of the molecule is CC(C)[C@@H](NC(=O)C(c1ccccc1)(c1ccccc1)c1ccccc1)C(N)=O. The molecule has 2 amide bonds. The maximum Gasteiger partial charge on any atom is 0.240 e. The van der Waals surface area contributed by atoms with E-state index in [1.54, 1.807) is 0 Å². The number of hydrogen-bond donors (Lipinski definition) is 2. The van der Waals surface area contributed by atoms with Gasteiger partial charge >= 0.3 is 0 Å². The van der Waals surface area contributed by atoms with Gasteiger partial charge in [-0.2, -0.15) is 0 Å². The fourth-order valence-corrected chi connectivity index (χ4v) is 3.77. The highest BCUT2D eigenvalue weighted by atomic mass is 16.2. The number of nitrogens with one attached hydrogen (secondary N) is 1. The Morgan fingerprint density at radius 2 is 1.07 bits per heavy atom. The molecule has 4 heteroatoms. The first kappa shape index (κ1) is 20.3. The van der Waals surface area contributed by atoms with Crippen LogP contribution >= 0.6 is 0 Å². The van der Waals surface area contributed by atoms with Gasteiger partial charge in [0.15, 0.2) is 0 Å². The number of nitrogens with two attached hydrogens (primary N) is 1. The first-order chi connectivity index (χ1) is 14.0. The Morgan fingerprint density at radius 1 is 0.724 bits per heavy atom. The molecule has 3 rings (SSSR count). The van der Waals surface area contributed by atoms with Gasteiger partial charge in [-0.1, -0.05) is 105 Å². The summed E-state index contributed by atoms with van der Waals surface area (Å²) >= 11 is 0. The first-order valence-electron chi connectivity index (χ1n) is 9.74. The standard InChI is InChI=1S/C25H26N2O2/c1-18(2)22(23(26)28)27-24(29)25(19-12-6-3-7-13-19,20-14-8-4-9-15-20)21-16-10-5-11-17-21/h3-18,22H,1-2H3,(H2,26,28)(H,27,29)/t22-/m1/s1. The van der Waals surface area contributed by atoms with Crippen LogP contribution in [0.25, 0.3) is 0 Å². The molecule has 0 radical (unpaired) electrons. The van der Waals surface area contributed by atoms with Crippen LogP contribution < -0.4 is 11.1 Å². The van der Waals surface area contributed by atoms with Crippen LogP contribution in [0.4, 0.5) is 0 Å². The Bertz CT molecular complexity index is 857. The zero-order chi connectivity index (χ0) is 20.9. The summed E-state index contributed by atoms with van der Waals surface area (Å²) in [5.74, 6) is -0.952. The Kier molecular flexibility index (Phi) is 6.13. The van der Waals surface area contributed by atoms with Crippen molar-refractivity contribution >= 4 is 11.8 Å². The fourth-order valence-electron chi connectivity index (χ4n) is 3.77. The third-order valence-electron chi connectivity index (χ3n) is 5.22. The third kappa shape index (κ3) is 3.92. The van der Waals surface area contributed by atoms with Gasteiger partial charge in [-0.05, 0) is 22.6 Å². The molecule has 148 valence electrons. The molecule has 0 saturated carbocycles. The van der Waals surface area contributed by atoms with Crippen molar-refractivity contribution in [3.8, 4) is 0 Å². The van der Waals surface area contributed by atoms with E-state index in [4.69, 9.17) is 5.73 Å². The first-order valence-corrected chi connectivity index (χ1v) is 9.74. The maximum absolute atomic E-state index is 14.0. The van der Waals surface area contributed by atoms with E-state index in [0.29, 0.717) is 0 Å². The van der Waals surface area contributed by atoms with Crippen molar-refractivity contribution in [3.63, 3.8) is 0 Å². The van der Waals surface area contributed by atoms with Gasteiger partial charge in [0, 0.05) is 0 Å². The number of carbonyl (C=O) groups excluding carboxylic acids is 2. The van der Waals surface area contributed by atoms with Crippen LogP contribution in [0, 0.1) is 5.92 Å². The van der Waals surface area contributed by atoms with Crippen LogP contribution in [0.15, 0.2) is 91.0 Å². The van der Waals surface area contributed by atoms with E-state index in [2.05, 4.69) is 5.32 Å². The number of hydrogen-bond acceptors (Lipinski definition) is 2. The van der Waals surface area contributed by atoms with E-state index in [0.717, 1.165) is 16.7 Å². The summed E-state index contributed by atoms with van der Waals surface area (Å²) in [7, 11) is 0. The molecular formula is C25H26N2O2. The second kappa shape index (κ2) is 8.74. The maximum atomic E-state index is 14.0. The minimum Gasteiger partial charge on any atom is -0.368 e. The van der Waals surface area contributed by atoms with Crippen molar-refractivity contribution in [1.82, 2.24) is 5.32 Å². The van der Waals surface area contributed by atoms with Gasteiger partial charge in [0.1, 0.15) is 11.5 Å². The molecule has 3 aromatic rings. The summed E-state index contributed by atoms with van der Waals surface area (Å²) in [6, 6.07) is 28.1. The molecule has 0 heterocycles. The van der Waals surface area contributed by atoms with E-state index in [9.17, 15) is 9.59 Å². The monoisotopic (exact) mass is 386 g/mol. The van der Waals surface area contributed by atoms with Gasteiger partial charge in [0.05, 0.1) is 0 Å². The van der Waals surface area contributed by atoms with Crippen molar-refractivity contribution in [1.29, 1.82) is 0 Å². The molecule has 0 unspecified atom stereocenters. The second-order valence-electron chi connectivity index (χ2n) is 7.45. The minimum atomic E-state index is -1.12. The lowest BCUT2D eigenvalue weighted by Gasteiger charge is -2.36. The van der Waals surface area contributed by atoms with Crippen LogP contribution in [0.1, 0.15) is 30.5 Å². The number of carbonyl (C=O) groups is 2. The second-order valence-corrected chi connectivity index (χ2v) is 7.45. The molecule has 0 saturated heterocycles. The van der Waals surface area contributed by atoms with Crippen molar-refractivity contribution in [2.45, 2.75) is 25.3 Å². The average Bonchev–Trinajstić information content (AvgIpc) is 2.74. The van der Waals surface area contributed by atoms with Crippen LogP contribution in [-0.2, 0) is 15.0 Å². The molecule has 0 spiro atoms. The van der Waals surface area contributed by atoms with E-state index < -0.39 is 17.4 Å². The van der Waals surface area contributed by atoms with Gasteiger partial charge in [0.2, 0.25) is 11.8 Å². The summed E-state index contributed by atoms with van der Waals surface area (Å²) < 4.78 is 0. The molecule has 29 heavy (non-hydrogen) atoms. The molecule has 3 N–H and O–H groups in total. The van der Waals surface area contributed by atoms with Gasteiger partial charge in [-0.15, -0.1) is 0 Å². The number of amides is 2. The van der Waals surface area contributed by atoms with Crippen LogP contribution in [0.3, 0.4) is 0 Å². The molecule has 0 aliphatic carbocycles. The van der Waals surface area contributed by atoms with E-state index in [1.807, 2.05) is 105 Å². The van der Waals surface area contributed by atoms with Crippen molar-refractivity contribution in [3.05, 3.63) is 108 Å². The Balaban J connectivity index is 2.28. The van der Waals surface area contributed by atoms with Crippen molar-refractivity contribution in [2.75, 3.05) is 0 Å². The molecule has 0 aromatic heterocycles. The number of benzene rings is 3. The Morgan fingerprint density at radius 3 is 1.34 bits per heavy atom. The zero-order valence-electron chi connectivity index (χ0n) is 16.7. The average molecular weight is 386 g/mol. The largest absolute Gasteiger partial charge is 0.368 e. The lowest BCUT2D eigenvalue weighted by molar-refractivity contribution is -0.130. The molecule has 4 nitrogen and oxygen atoms in total.